The molecule has 2 aromatic heterocycles. The van der Waals surface area contributed by atoms with Crippen LogP contribution in [0.4, 0.5) is 5.69 Å². The molecule has 3 aromatic rings. The van der Waals surface area contributed by atoms with E-state index >= 15 is 0 Å². The van der Waals surface area contributed by atoms with Crippen molar-refractivity contribution >= 4 is 38.4 Å². The minimum atomic E-state index is -3.62. The largest absolute Gasteiger partial charge is 0.269 e. The van der Waals surface area contributed by atoms with E-state index in [1.165, 1.54) is 27.0 Å². The Morgan fingerprint density at radius 1 is 1.20 bits per heavy atom. The van der Waals surface area contributed by atoms with Crippen molar-refractivity contribution in [1.29, 1.82) is 0 Å². The second-order valence-electron chi connectivity index (χ2n) is 5.78. The summed E-state index contributed by atoms with van der Waals surface area (Å²) in [5.41, 5.74) is 2.68. The highest BCUT2D eigenvalue weighted by Crippen LogP contribution is 2.37. The molecule has 0 unspecified atom stereocenters. The summed E-state index contributed by atoms with van der Waals surface area (Å²) in [6.45, 7) is 5.81. The van der Waals surface area contributed by atoms with Gasteiger partial charge in [-0.1, -0.05) is 25.1 Å². The van der Waals surface area contributed by atoms with Gasteiger partial charge in [-0.05, 0) is 38.0 Å². The fourth-order valence-electron chi connectivity index (χ4n) is 2.69. The van der Waals surface area contributed by atoms with Crippen molar-refractivity contribution in [1.82, 2.24) is 4.98 Å². The fourth-order valence-corrected chi connectivity index (χ4v) is 6.34. The molecule has 4 nitrogen and oxygen atoms in total. The maximum Gasteiger partial charge on any atom is 0.265 e. The number of aryl methyl sites for hydroxylation is 3. The van der Waals surface area contributed by atoms with Crippen LogP contribution in [-0.2, 0) is 16.4 Å². The zero-order valence-corrected chi connectivity index (χ0v) is 17.1. The minimum Gasteiger partial charge on any atom is -0.269 e. The summed E-state index contributed by atoms with van der Waals surface area (Å²) in [5, 5.41) is 2.84. The molecule has 7 heteroatoms. The highest BCUT2D eigenvalue weighted by Gasteiger charge is 2.27. The van der Waals surface area contributed by atoms with Crippen LogP contribution in [0.25, 0.3) is 9.88 Å². The summed E-state index contributed by atoms with van der Waals surface area (Å²) in [6, 6.07) is 9.36. The quantitative estimate of drug-likeness (QED) is 0.622. The van der Waals surface area contributed by atoms with Crippen molar-refractivity contribution in [3.63, 3.8) is 0 Å². The van der Waals surface area contributed by atoms with E-state index in [9.17, 15) is 8.42 Å². The Kier molecular flexibility index (Phi) is 4.99. The van der Waals surface area contributed by atoms with E-state index in [1.54, 1.807) is 13.1 Å². The molecule has 0 N–H and O–H groups in total. The molecule has 0 aliphatic heterocycles. The minimum absolute atomic E-state index is 0.355. The van der Waals surface area contributed by atoms with Crippen molar-refractivity contribution in [2.45, 2.75) is 32.1 Å². The van der Waals surface area contributed by atoms with Gasteiger partial charge in [-0.2, -0.15) is 0 Å². The third-order valence-corrected chi connectivity index (χ3v) is 8.26. The Balaban J connectivity index is 2.04. The highest BCUT2D eigenvalue weighted by atomic mass is 32.2. The summed E-state index contributed by atoms with van der Waals surface area (Å²) >= 11 is 3.01. The molecule has 0 aliphatic rings. The number of thiophene rings is 1. The van der Waals surface area contributed by atoms with Gasteiger partial charge in [-0.3, -0.25) is 4.31 Å². The zero-order valence-electron chi connectivity index (χ0n) is 14.6. The molecule has 25 heavy (non-hydrogen) atoms. The SMILES string of the molecule is CCc1ccccc1N(C)S(=O)(=O)c1cc(-c2nc(C)cs2)sc1C. The normalized spacial score (nSPS) is 11.7. The number of hydrogen-bond donors (Lipinski definition) is 0. The predicted octanol–water partition coefficient (Wildman–Crippen LogP) is 4.88. The van der Waals surface area contributed by atoms with E-state index in [-0.39, 0.29) is 0 Å². The number of sulfonamides is 1. The third-order valence-electron chi connectivity index (χ3n) is 4.05. The molecule has 0 saturated heterocycles. The first kappa shape index (κ1) is 18.1. The average Bonchev–Trinajstić information content (AvgIpc) is 3.20. The number of thiazole rings is 1. The number of nitrogens with zero attached hydrogens (tertiary/aromatic N) is 2. The number of anilines is 1. The third kappa shape index (κ3) is 3.36. The van der Waals surface area contributed by atoms with Crippen LogP contribution in [0, 0.1) is 13.8 Å². The van der Waals surface area contributed by atoms with Crippen LogP contribution in [0.3, 0.4) is 0 Å². The molecule has 0 aliphatic carbocycles. The first-order valence-corrected chi connectivity index (χ1v) is 11.1. The Bertz CT molecular complexity index is 1000. The predicted molar refractivity (Wildman–Crippen MR) is 106 cm³/mol. The Hall–Kier alpha value is -1.70. The number of rotatable bonds is 5. The van der Waals surface area contributed by atoms with Crippen molar-refractivity contribution in [3.8, 4) is 9.88 Å². The van der Waals surface area contributed by atoms with E-state index < -0.39 is 10.0 Å². The zero-order chi connectivity index (χ0) is 18.2. The lowest BCUT2D eigenvalue weighted by molar-refractivity contribution is 0.594. The van der Waals surface area contributed by atoms with E-state index in [0.29, 0.717) is 4.90 Å². The molecule has 0 amide bonds. The molecule has 0 radical (unpaired) electrons. The van der Waals surface area contributed by atoms with Crippen molar-refractivity contribution < 1.29 is 8.42 Å². The molecule has 0 atom stereocenters. The first-order chi connectivity index (χ1) is 11.8. The average molecular weight is 393 g/mol. The fraction of sp³-hybridized carbons (Fsp3) is 0.278. The van der Waals surface area contributed by atoms with E-state index in [1.807, 2.05) is 50.4 Å². The molecular weight excluding hydrogens is 372 g/mol. The monoisotopic (exact) mass is 392 g/mol. The maximum atomic E-state index is 13.2. The van der Waals surface area contributed by atoms with E-state index in [2.05, 4.69) is 4.98 Å². The van der Waals surface area contributed by atoms with Gasteiger partial charge < -0.3 is 0 Å². The lowest BCUT2D eigenvalue weighted by Gasteiger charge is -2.22. The lowest BCUT2D eigenvalue weighted by atomic mass is 10.1. The van der Waals surface area contributed by atoms with Gasteiger partial charge in [0.1, 0.15) is 9.90 Å². The van der Waals surface area contributed by atoms with Crippen molar-refractivity contribution in [3.05, 3.63) is 51.8 Å². The molecule has 0 spiro atoms. The first-order valence-electron chi connectivity index (χ1n) is 7.94. The van der Waals surface area contributed by atoms with Gasteiger partial charge in [0, 0.05) is 23.0 Å². The van der Waals surface area contributed by atoms with Gasteiger partial charge in [0.15, 0.2) is 0 Å². The second-order valence-corrected chi connectivity index (χ2v) is 9.83. The molecule has 3 rings (SSSR count). The summed E-state index contributed by atoms with van der Waals surface area (Å²) in [6.07, 6.45) is 0.780. The number of aromatic nitrogens is 1. The molecular formula is C18H20N2O2S3. The van der Waals surface area contributed by atoms with Crippen LogP contribution < -0.4 is 4.31 Å². The van der Waals surface area contributed by atoms with Gasteiger partial charge in [-0.25, -0.2) is 13.4 Å². The standard InChI is InChI=1S/C18H20N2O2S3/c1-5-14-8-6-7-9-15(14)20(4)25(21,22)17-10-16(24-13(17)3)18-19-12(2)11-23-18/h6-11H,5H2,1-4H3. The molecule has 0 fully saturated rings. The van der Waals surface area contributed by atoms with Crippen LogP contribution in [0.15, 0.2) is 40.6 Å². The number of hydrogen-bond acceptors (Lipinski definition) is 5. The van der Waals surface area contributed by atoms with Gasteiger partial charge >= 0.3 is 0 Å². The van der Waals surface area contributed by atoms with Crippen LogP contribution in [0.5, 0.6) is 0 Å². The Morgan fingerprint density at radius 2 is 1.92 bits per heavy atom. The lowest BCUT2D eigenvalue weighted by Crippen LogP contribution is -2.27. The van der Waals surface area contributed by atoms with Gasteiger partial charge in [0.05, 0.1) is 10.6 Å². The topological polar surface area (TPSA) is 50.3 Å². The Labute approximate surface area is 156 Å². The van der Waals surface area contributed by atoms with Crippen LogP contribution in [0.1, 0.15) is 23.1 Å². The summed E-state index contributed by atoms with van der Waals surface area (Å²) in [4.78, 5) is 6.50. The van der Waals surface area contributed by atoms with E-state index in [0.717, 1.165) is 38.1 Å². The molecule has 1 aromatic carbocycles. The van der Waals surface area contributed by atoms with E-state index in [4.69, 9.17) is 0 Å². The van der Waals surface area contributed by atoms with Crippen molar-refractivity contribution in [2.75, 3.05) is 11.4 Å². The molecule has 0 bridgehead atoms. The Morgan fingerprint density at radius 3 is 2.56 bits per heavy atom. The molecule has 132 valence electrons. The summed E-state index contributed by atoms with van der Waals surface area (Å²) in [7, 11) is -2.00. The number of para-hydroxylation sites is 1. The van der Waals surface area contributed by atoms with Crippen molar-refractivity contribution in [2.24, 2.45) is 0 Å². The molecule has 2 heterocycles. The van der Waals surface area contributed by atoms with Crippen LogP contribution >= 0.6 is 22.7 Å². The number of benzene rings is 1. The highest BCUT2D eigenvalue weighted by molar-refractivity contribution is 7.93. The summed E-state index contributed by atoms with van der Waals surface area (Å²) in [5.74, 6) is 0. The van der Waals surface area contributed by atoms with Crippen LogP contribution in [-0.4, -0.2) is 20.4 Å². The smallest absolute Gasteiger partial charge is 0.265 e. The second kappa shape index (κ2) is 6.90. The maximum absolute atomic E-state index is 13.2. The van der Waals surface area contributed by atoms with Gasteiger partial charge in [0.2, 0.25) is 0 Å². The molecule has 0 saturated carbocycles. The van der Waals surface area contributed by atoms with Gasteiger partial charge in [0.25, 0.3) is 10.0 Å². The van der Waals surface area contributed by atoms with Gasteiger partial charge in [-0.15, -0.1) is 22.7 Å². The summed E-state index contributed by atoms with van der Waals surface area (Å²) < 4.78 is 27.8. The van der Waals surface area contributed by atoms with Crippen LogP contribution in [0.2, 0.25) is 0 Å².